The van der Waals surface area contributed by atoms with Gasteiger partial charge in [0.05, 0.1) is 17.1 Å². The molecule has 108 valence electrons. The van der Waals surface area contributed by atoms with Crippen molar-refractivity contribution < 1.29 is 0 Å². The van der Waals surface area contributed by atoms with Crippen molar-refractivity contribution in [2.24, 2.45) is 0 Å². The highest BCUT2D eigenvalue weighted by Crippen LogP contribution is 2.23. The van der Waals surface area contributed by atoms with E-state index in [2.05, 4.69) is 71.2 Å². The number of rotatable bonds is 4. The molecule has 0 aliphatic rings. The monoisotopic (exact) mass is 279 g/mol. The van der Waals surface area contributed by atoms with E-state index in [0.717, 1.165) is 17.9 Å². The first-order chi connectivity index (χ1) is 10.2. The largest absolute Gasteiger partial charge is 0.326 e. The summed E-state index contributed by atoms with van der Waals surface area (Å²) in [7, 11) is 2.02. The molecule has 0 aliphatic heterocycles. The molecular formula is C18H21N3. The average molecular weight is 279 g/mol. The molecule has 0 bridgehead atoms. The van der Waals surface area contributed by atoms with Gasteiger partial charge in [0.25, 0.3) is 0 Å². The van der Waals surface area contributed by atoms with Crippen molar-refractivity contribution in [1.29, 1.82) is 0 Å². The number of fused-ring (bicyclic) bond motifs is 1. The smallest absolute Gasteiger partial charge is 0.106 e. The van der Waals surface area contributed by atoms with Gasteiger partial charge in [-0.3, -0.25) is 0 Å². The van der Waals surface area contributed by atoms with Crippen LogP contribution in [0.3, 0.4) is 0 Å². The van der Waals surface area contributed by atoms with Crippen LogP contribution >= 0.6 is 0 Å². The molecule has 0 saturated carbocycles. The summed E-state index contributed by atoms with van der Waals surface area (Å²) in [5.74, 6) is 1.06. The molecule has 1 heterocycles. The normalized spacial score (nSPS) is 12.7. The van der Waals surface area contributed by atoms with E-state index in [-0.39, 0.29) is 6.04 Å². The molecule has 21 heavy (non-hydrogen) atoms. The molecule has 1 atom stereocenters. The Labute approximate surface area is 125 Å². The summed E-state index contributed by atoms with van der Waals surface area (Å²) in [6.07, 6.45) is 0. The number of likely N-dealkylation sites (N-methyl/N-ethyl adjacent to an activating group) is 1. The number of nitrogens with one attached hydrogen (secondary N) is 1. The molecule has 1 N–H and O–H groups in total. The van der Waals surface area contributed by atoms with Crippen LogP contribution in [-0.4, -0.2) is 16.6 Å². The van der Waals surface area contributed by atoms with Gasteiger partial charge in [-0.25, -0.2) is 4.98 Å². The van der Waals surface area contributed by atoms with Crippen LogP contribution in [0.2, 0.25) is 0 Å². The number of aryl methyl sites for hydroxylation is 2. The predicted molar refractivity (Wildman–Crippen MR) is 87.4 cm³/mol. The maximum absolute atomic E-state index is 4.65. The third-order valence-corrected chi connectivity index (χ3v) is 4.12. The SMILES string of the molecule is CNC(Cn1c(C)nc2ccccc21)c1ccccc1C. The summed E-state index contributed by atoms with van der Waals surface area (Å²) < 4.78 is 2.29. The van der Waals surface area contributed by atoms with Crippen LogP contribution in [-0.2, 0) is 6.54 Å². The fourth-order valence-corrected chi connectivity index (χ4v) is 2.93. The van der Waals surface area contributed by atoms with Gasteiger partial charge in [-0.15, -0.1) is 0 Å². The molecule has 2 aromatic carbocycles. The van der Waals surface area contributed by atoms with Crippen LogP contribution in [0.25, 0.3) is 11.0 Å². The highest BCUT2D eigenvalue weighted by atomic mass is 15.1. The first-order valence-electron chi connectivity index (χ1n) is 7.35. The molecule has 0 aliphatic carbocycles. The predicted octanol–water partition coefficient (Wildman–Crippen LogP) is 3.61. The second-order valence-corrected chi connectivity index (χ2v) is 5.46. The Balaban J connectivity index is 2.00. The van der Waals surface area contributed by atoms with Crippen LogP contribution in [0, 0.1) is 13.8 Å². The highest BCUT2D eigenvalue weighted by Gasteiger charge is 2.15. The zero-order valence-corrected chi connectivity index (χ0v) is 12.8. The van der Waals surface area contributed by atoms with E-state index in [1.165, 1.54) is 16.6 Å². The number of aromatic nitrogens is 2. The Hall–Kier alpha value is -2.13. The van der Waals surface area contributed by atoms with E-state index in [1.54, 1.807) is 0 Å². The molecule has 3 rings (SSSR count). The summed E-state index contributed by atoms with van der Waals surface area (Å²) in [4.78, 5) is 4.65. The van der Waals surface area contributed by atoms with Crippen molar-refractivity contribution in [3.05, 3.63) is 65.5 Å². The van der Waals surface area contributed by atoms with Crippen molar-refractivity contribution in [3.8, 4) is 0 Å². The summed E-state index contributed by atoms with van der Waals surface area (Å²) in [5.41, 5.74) is 4.93. The molecule has 3 heteroatoms. The standard InChI is InChI=1S/C18H21N3/c1-13-8-4-5-9-15(13)17(19-3)12-21-14(2)20-16-10-6-7-11-18(16)21/h4-11,17,19H,12H2,1-3H3. The Morgan fingerprint density at radius 2 is 1.76 bits per heavy atom. The summed E-state index contributed by atoms with van der Waals surface area (Å²) in [6, 6.07) is 17.2. The van der Waals surface area contributed by atoms with Crippen molar-refractivity contribution in [1.82, 2.24) is 14.9 Å². The molecule has 3 nitrogen and oxygen atoms in total. The van der Waals surface area contributed by atoms with Gasteiger partial charge in [-0.05, 0) is 44.2 Å². The lowest BCUT2D eigenvalue weighted by Gasteiger charge is -2.20. The van der Waals surface area contributed by atoms with Gasteiger partial charge in [-0.1, -0.05) is 36.4 Å². The molecule has 0 amide bonds. The molecule has 0 spiro atoms. The number of nitrogens with zero attached hydrogens (tertiary/aromatic N) is 2. The lowest BCUT2D eigenvalue weighted by atomic mass is 10.0. The van der Waals surface area contributed by atoms with E-state index in [0.29, 0.717) is 0 Å². The van der Waals surface area contributed by atoms with E-state index >= 15 is 0 Å². The van der Waals surface area contributed by atoms with E-state index in [4.69, 9.17) is 0 Å². The zero-order chi connectivity index (χ0) is 14.8. The van der Waals surface area contributed by atoms with Crippen LogP contribution in [0.15, 0.2) is 48.5 Å². The summed E-state index contributed by atoms with van der Waals surface area (Å²) in [5, 5.41) is 3.44. The van der Waals surface area contributed by atoms with Gasteiger partial charge in [0, 0.05) is 6.54 Å². The lowest BCUT2D eigenvalue weighted by Crippen LogP contribution is -2.23. The van der Waals surface area contributed by atoms with Crippen LogP contribution < -0.4 is 5.32 Å². The van der Waals surface area contributed by atoms with Gasteiger partial charge in [0.2, 0.25) is 0 Å². The molecular weight excluding hydrogens is 258 g/mol. The first-order valence-corrected chi connectivity index (χ1v) is 7.35. The van der Waals surface area contributed by atoms with Crippen LogP contribution in [0.1, 0.15) is 23.0 Å². The average Bonchev–Trinajstić information content (AvgIpc) is 2.81. The minimum atomic E-state index is 0.280. The Morgan fingerprint density at radius 3 is 2.52 bits per heavy atom. The molecule has 0 fully saturated rings. The zero-order valence-electron chi connectivity index (χ0n) is 12.8. The topological polar surface area (TPSA) is 29.9 Å². The van der Waals surface area contributed by atoms with Gasteiger partial charge in [0.15, 0.2) is 0 Å². The molecule has 3 aromatic rings. The quantitative estimate of drug-likeness (QED) is 0.790. The summed E-state index contributed by atoms with van der Waals surface area (Å²) >= 11 is 0. The maximum Gasteiger partial charge on any atom is 0.106 e. The molecule has 1 aromatic heterocycles. The molecule has 0 radical (unpaired) electrons. The van der Waals surface area contributed by atoms with Crippen molar-refractivity contribution in [3.63, 3.8) is 0 Å². The summed E-state index contributed by atoms with van der Waals surface area (Å²) in [6.45, 7) is 5.12. The van der Waals surface area contributed by atoms with Crippen LogP contribution in [0.4, 0.5) is 0 Å². The second-order valence-electron chi connectivity index (χ2n) is 5.46. The Bertz CT molecular complexity index is 758. The van der Waals surface area contributed by atoms with E-state index < -0.39 is 0 Å². The Morgan fingerprint density at radius 1 is 1.05 bits per heavy atom. The third kappa shape index (κ3) is 2.57. The minimum absolute atomic E-state index is 0.280. The fraction of sp³-hybridized carbons (Fsp3) is 0.278. The first kappa shape index (κ1) is 13.8. The molecule has 1 unspecified atom stereocenters. The van der Waals surface area contributed by atoms with Crippen molar-refractivity contribution in [2.45, 2.75) is 26.4 Å². The number of benzene rings is 2. The van der Waals surface area contributed by atoms with Crippen LogP contribution in [0.5, 0.6) is 0 Å². The highest BCUT2D eigenvalue weighted by molar-refractivity contribution is 5.75. The van der Waals surface area contributed by atoms with Crippen molar-refractivity contribution >= 4 is 11.0 Å². The van der Waals surface area contributed by atoms with Gasteiger partial charge >= 0.3 is 0 Å². The Kier molecular flexibility index (Phi) is 3.76. The van der Waals surface area contributed by atoms with E-state index in [1.807, 2.05) is 13.1 Å². The lowest BCUT2D eigenvalue weighted by molar-refractivity contribution is 0.499. The molecule has 0 saturated heterocycles. The number of hydrogen-bond donors (Lipinski definition) is 1. The van der Waals surface area contributed by atoms with Gasteiger partial charge < -0.3 is 9.88 Å². The number of para-hydroxylation sites is 2. The number of imidazole rings is 1. The minimum Gasteiger partial charge on any atom is -0.326 e. The maximum atomic E-state index is 4.65. The second kappa shape index (κ2) is 5.70. The van der Waals surface area contributed by atoms with E-state index in [9.17, 15) is 0 Å². The number of hydrogen-bond acceptors (Lipinski definition) is 2. The fourth-order valence-electron chi connectivity index (χ4n) is 2.93. The van der Waals surface area contributed by atoms with Gasteiger partial charge in [0.1, 0.15) is 5.82 Å². The van der Waals surface area contributed by atoms with Crippen molar-refractivity contribution in [2.75, 3.05) is 7.05 Å². The van der Waals surface area contributed by atoms with Gasteiger partial charge in [-0.2, -0.15) is 0 Å². The third-order valence-electron chi connectivity index (χ3n) is 4.12.